The van der Waals surface area contributed by atoms with Gasteiger partial charge in [0.25, 0.3) is 5.91 Å². The Kier molecular flexibility index (Phi) is 4.46. The van der Waals surface area contributed by atoms with Crippen LogP contribution in [0, 0.1) is 0 Å². The molecule has 1 aliphatic rings. The maximum Gasteiger partial charge on any atom is 0.257 e. The van der Waals surface area contributed by atoms with Gasteiger partial charge in [-0.25, -0.2) is 0 Å². The number of amides is 1. The lowest BCUT2D eigenvalue weighted by atomic mass is 10.2. The van der Waals surface area contributed by atoms with Gasteiger partial charge in [-0.3, -0.25) is 9.78 Å². The van der Waals surface area contributed by atoms with E-state index in [1.165, 1.54) is 12.8 Å². The molecule has 0 saturated heterocycles. The van der Waals surface area contributed by atoms with E-state index >= 15 is 0 Å². The van der Waals surface area contributed by atoms with Crippen LogP contribution in [0.15, 0.2) is 42.7 Å². The van der Waals surface area contributed by atoms with Crippen molar-refractivity contribution in [3.05, 3.63) is 48.3 Å². The van der Waals surface area contributed by atoms with Gasteiger partial charge in [0.05, 0.1) is 23.0 Å². The molecule has 5 nitrogen and oxygen atoms in total. The van der Waals surface area contributed by atoms with Crippen molar-refractivity contribution in [3.63, 3.8) is 0 Å². The summed E-state index contributed by atoms with van der Waals surface area (Å²) in [5.74, 6) is 0.466. The van der Waals surface area contributed by atoms with Gasteiger partial charge in [0, 0.05) is 18.4 Å². The fraction of sp³-hybridized carbons (Fsp3) is 0.333. The van der Waals surface area contributed by atoms with Crippen LogP contribution in [-0.4, -0.2) is 23.0 Å². The zero-order chi connectivity index (χ0) is 16.2. The normalized spacial score (nSPS) is 13.7. The van der Waals surface area contributed by atoms with E-state index in [1.54, 1.807) is 12.4 Å². The minimum atomic E-state index is -0.197. The van der Waals surface area contributed by atoms with Crippen molar-refractivity contribution in [2.45, 2.75) is 38.8 Å². The van der Waals surface area contributed by atoms with Gasteiger partial charge in [0.2, 0.25) is 0 Å². The second kappa shape index (κ2) is 6.69. The summed E-state index contributed by atoms with van der Waals surface area (Å²) in [6.07, 6.45) is 5.71. The summed E-state index contributed by atoms with van der Waals surface area (Å²) in [5.41, 5.74) is 2.06. The first-order valence-electron chi connectivity index (χ1n) is 7.90. The van der Waals surface area contributed by atoms with Crippen molar-refractivity contribution in [2.24, 2.45) is 0 Å². The van der Waals surface area contributed by atoms with Crippen LogP contribution in [0.2, 0.25) is 0 Å². The smallest absolute Gasteiger partial charge is 0.257 e. The summed E-state index contributed by atoms with van der Waals surface area (Å²) in [4.78, 5) is 16.6. The molecule has 23 heavy (non-hydrogen) atoms. The van der Waals surface area contributed by atoms with Gasteiger partial charge in [-0.2, -0.15) is 0 Å². The number of para-hydroxylation sites is 2. The van der Waals surface area contributed by atoms with E-state index in [0.717, 1.165) is 5.69 Å². The minimum Gasteiger partial charge on any atom is -0.489 e. The Hall–Kier alpha value is -2.56. The topological polar surface area (TPSA) is 63.2 Å². The van der Waals surface area contributed by atoms with Crippen LogP contribution in [0.1, 0.15) is 37.0 Å². The molecule has 1 aromatic heterocycles. The highest BCUT2D eigenvalue weighted by molar-refractivity contribution is 6.05. The molecule has 5 heteroatoms. The predicted octanol–water partition coefficient (Wildman–Crippen LogP) is 3.70. The third kappa shape index (κ3) is 4.22. The Labute approximate surface area is 136 Å². The maximum absolute atomic E-state index is 12.5. The highest BCUT2D eigenvalue weighted by atomic mass is 16.5. The number of carbonyl (C=O) groups excluding carboxylic acids is 1. The first-order valence-corrected chi connectivity index (χ1v) is 7.90. The van der Waals surface area contributed by atoms with Crippen molar-refractivity contribution in [3.8, 4) is 5.75 Å². The SMILES string of the molecule is CC(C)Oc1ccccc1NC(=O)c1cncc(NC2CC2)c1. The van der Waals surface area contributed by atoms with Crippen LogP contribution >= 0.6 is 0 Å². The maximum atomic E-state index is 12.5. The Morgan fingerprint density at radius 2 is 2.04 bits per heavy atom. The second-order valence-electron chi connectivity index (χ2n) is 6.00. The number of ether oxygens (including phenoxy) is 1. The number of carbonyl (C=O) groups is 1. The van der Waals surface area contributed by atoms with E-state index in [0.29, 0.717) is 23.0 Å². The van der Waals surface area contributed by atoms with Crippen LogP contribution in [0.4, 0.5) is 11.4 Å². The van der Waals surface area contributed by atoms with Gasteiger partial charge in [-0.1, -0.05) is 12.1 Å². The number of benzene rings is 1. The highest BCUT2D eigenvalue weighted by Crippen LogP contribution is 2.27. The van der Waals surface area contributed by atoms with Crippen molar-refractivity contribution < 1.29 is 9.53 Å². The standard InChI is InChI=1S/C18H21N3O2/c1-12(2)23-17-6-4-3-5-16(17)21-18(22)13-9-15(11-19-10-13)20-14-7-8-14/h3-6,9-12,14,20H,7-8H2,1-2H3,(H,21,22). The monoisotopic (exact) mass is 311 g/mol. The lowest BCUT2D eigenvalue weighted by molar-refractivity contribution is 0.102. The molecule has 2 aromatic rings. The molecule has 0 bridgehead atoms. The molecule has 1 amide bonds. The van der Waals surface area contributed by atoms with Crippen LogP contribution in [0.5, 0.6) is 5.75 Å². The first-order chi connectivity index (χ1) is 11.1. The predicted molar refractivity (Wildman–Crippen MR) is 91.0 cm³/mol. The Balaban J connectivity index is 1.74. The van der Waals surface area contributed by atoms with E-state index in [2.05, 4.69) is 15.6 Å². The Bertz CT molecular complexity index is 696. The quantitative estimate of drug-likeness (QED) is 0.854. The third-order valence-corrected chi connectivity index (χ3v) is 3.45. The summed E-state index contributed by atoms with van der Waals surface area (Å²) < 4.78 is 5.72. The van der Waals surface area contributed by atoms with Gasteiger partial charge in [0.1, 0.15) is 5.75 Å². The lowest BCUT2D eigenvalue weighted by Crippen LogP contribution is -2.15. The number of rotatable bonds is 6. The molecule has 1 fully saturated rings. The molecular formula is C18H21N3O2. The Morgan fingerprint density at radius 3 is 2.78 bits per heavy atom. The molecule has 3 rings (SSSR count). The van der Waals surface area contributed by atoms with Gasteiger partial charge in [-0.05, 0) is 44.9 Å². The van der Waals surface area contributed by atoms with Crippen molar-refractivity contribution >= 4 is 17.3 Å². The number of hydrogen-bond acceptors (Lipinski definition) is 4. The third-order valence-electron chi connectivity index (χ3n) is 3.45. The number of hydrogen-bond donors (Lipinski definition) is 2. The molecule has 0 spiro atoms. The fourth-order valence-electron chi connectivity index (χ4n) is 2.23. The number of pyridine rings is 1. The Morgan fingerprint density at radius 1 is 1.26 bits per heavy atom. The second-order valence-corrected chi connectivity index (χ2v) is 6.00. The van der Waals surface area contributed by atoms with Gasteiger partial charge in [0.15, 0.2) is 0 Å². The molecule has 120 valence electrons. The number of aromatic nitrogens is 1. The molecular weight excluding hydrogens is 290 g/mol. The van der Waals surface area contributed by atoms with Crippen molar-refractivity contribution in [1.29, 1.82) is 0 Å². The van der Waals surface area contributed by atoms with Gasteiger partial charge < -0.3 is 15.4 Å². The largest absolute Gasteiger partial charge is 0.489 e. The van der Waals surface area contributed by atoms with E-state index in [9.17, 15) is 4.79 Å². The molecule has 0 aliphatic heterocycles. The summed E-state index contributed by atoms with van der Waals surface area (Å²) in [6.45, 7) is 3.91. The lowest BCUT2D eigenvalue weighted by Gasteiger charge is -2.15. The molecule has 0 radical (unpaired) electrons. The molecule has 1 heterocycles. The molecule has 0 unspecified atom stereocenters. The van der Waals surface area contributed by atoms with Crippen molar-refractivity contribution in [1.82, 2.24) is 4.98 Å². The van der Waals surface area contributed by atoms with Crippen LogP contribution in [-0.2, 0) is 0 Å². The number of nitrogens with zero attached hydrogens (tertiary/aromatic N) is 1. The molecule has 1 aliphatic carbocycles. The van der Waals surface area contributed by atoms with E-state index in [1.807, 2.05) is 44.2 Å². The zero-order valence-electron chi connectivity index (χ0n) is 13.4. The van der Waals surface area contributed by atoms with Crippen LogP contribution in [0.3, 0.4) is 0 Å². The number of anilines is 2. The average molecular weight is 311 g/mol. The van der Waals surface area contributed by atoms with E-state index < -0.39 is 0 Å². The first kappa shape index (κ1) is 15.3. The summed E-state index contributed by atoms with van der Waals surface area (Å²) in [5, 5.41) is 6.24. The average Bonchev–Trinajstić information content (AvgIpc) is 3.33. The van der Waals surface area contributed by atoms with Crippen LogP contribution in [0.25, 0.3) is 0 Å². The van der Waals surface area contributed by atoms with E-state index in [4.69, 9.17) is 4.74 Å². The summed E-state index contributed by atoms with van der Waals surface area (Å²) in [6, 6.07) is 9.78. The van der Waals surface area contributed by atoms with Gasteiger partial charge in [-0.15, -0.1) is 0 Å². The van der Waals surface area contributed by atoms with Crippen molar-refractivity contribution in [2.75, 3.05) is 10.6 Å². The number of nitrogens with one attached hydrogen (secondary N) is 2. The highest BCUT2D eigenvalue weighted by Gasteiger charge is 2.21. The van der Waals surface area contributed by atoms with Gasteiger partial charge >= 0.3 is 0 Å². The van der Waals surface area contributed by atoms with Crippen LogP contribution < -0.4 is 15.4 Å². The molecule has 1 aromatic carbocycles. The zero-order valence-corrected chi connectivity index (χ0v) is 13.4. The fourth-order valence-corrected chi connectivity index (χ4v) is 2.23. The molecule has 2 N–H and O–H groups in total. The molecule has 0 atom stereocenters. The summed E-state index contributed by atoms with van der Waals surface area (Å²) >= 11 is 0. The van der Waals surface area contributed by atoms with E-state index in [-0.39, 0.29) is 12.0 Å². The summed E-state index contributed by atoms with van der Waals surface area (Å²) in [7, 11) is 0. The minimum absolute atomic E-state index is 0.0424. The molecule has 1 saturated carbocycles.